The number of ether oxygens (including phenoxy) is 1. The SMILES string of the molecule is O=c1c(C(F)(F)F)cccn1CCOc1cccc(Br)c1. The van der Waals surface area contributed by atoms with E-state index in [4.69, 9.17) is 4.74 Å². The molecule has 1 aromatic heterocycles. The lowest BCUT2D eigenvalue weighted by molar-refractivity contribution is -0.139. The molecule has 0 N–H and O–H groups in total. The van der Waals surface area contributed by atoms with Crippen molar-refractivity contribution in [3.63, 3.8) is 0 Å². The smallest absolute Gasteiger partial charge is 0.421 e. The van der Waals surface area contributed by atoms with Crippen LogP contribution < -0.4 is 10.3 Å². The van der Waals surface area contributed by atoms with E-state index in [2.05, 4.69) is 15.9 Å². The number of aromatic nitrogens is 1. The molecule has 2 aromatic rings. The fourth-order valence-electron chi connectivity index (χ4n) is 1.75. The maximum Gasteiger partial charge on any atom is 0.421 e. The van der Waals surface area contributed by atoms with Crippen LogP contribution >= 0.6 is 15.9 Å². The van der Waals surface area contributed by atoms with Gasteiger partial charge in [0.25, 0.3) is 5.56 Å². The largest absolute Gasteiger partial charge is 0.492 e. The summed E-state index contributed by atoms with van der Waals surface area (Å²) in [6.45, 7) is 0.132. The molecule has 112 valence electrons. The van der Waals surface area contributed by atoms with Crippen molar-refractivity contribution >= 4 is 15.9 Å². The molecule has 2 rings (SSSR count). The van der Waals surface area contributed by atoms with Crippen LogP contribution in [0.25, 0.3) is 0 Å². The van der Waals surface area contributed by atoms with Crippen molar-refractivity contribution in [2.75, 3.05) is 6.61 Å². The van der Waals surface area contributed by atoms with Crippen LogP contribution in [0.15, 0.2) is 51.9 Å². The second-order valence-corrected chi connectivity index (χ2v) is 5.14. The summed E-state index contributed by atoms with van der Waals surface area (Å²) in [6.07, 6.45) is -3.34. The van der Waals surface area contributed by atoms with Crippen LogP contribution in [-0.2, 0) is 12.7 Å². The first-order valence-corrected chi connectivity index (χ1v) is 6.82. The van der Waals surface area contributed by atoms with E-state index in [1.807, 2.05) is 6.07 Å². The predicted octanol–water partition coefficient (Wildman–Crippen LogP) is 3.71. The zero-order valence-corrected chi connectivity index (χ0v) is 12.3. The normalized spacial score (nSPS) is 11.4. The highest BCUT2D eigenvalue weighted by Crippen LogP contribution is 2.26. The summed E-state index contributed by atoms with van der Waals surface area (Å²) >= 11 is 3.28. The Morgan fingerprint density at radius 1 is 1.19 bits per heavy atom. The van der Waals surface area contributed by atoms with Gasteiger partial charge in [0.1, 0.15) is 17.9 Å². The summed E-state index contributed by atoms with van der Waals surface area (Å²) in [4.78, 5) is 11.7. The van der Waals surface area contributed by atoms with E-state index >= 15 is 0 Å². The van der Waals surface area contributed by atoms with E-state index < -0.39 is 17.3 Å². The molecule has 7 heteroatoms. The van der Waals surface area contributed by atoms with Gasteiger partial charge in [0.2, 0.25) is 0 Å². The van der Waals surface area contributed by atoms with Gasteiger partial charge in [0, 0.05) is 10.7 Å². The van der Waals surface area contributed by atoms with Gasteiger partial charge in [0.15, 0.2) is 0 Å². The fraction of sp³-hybridized carbons (Fsp3) is 0.214. The molecular formula is C14H11BrF3NO2. The molecule has 0 spiro atoms. The van der Waals surface area contributed by atoms with Gasteiger partial charge in [-0.05, 0) is 30.3 Å². The van der Waals surface area contributed by atoms with Gasteiger partial charge in [0.05, 0.1) is 6.54 Å². The highest BCUT2D eigenvalue weighted by atomic mass is 79.9. The lowest BCUT2D eigenvalue weighted by Gasteiger charge is -2.11. The Morgan fingerprint density at radius 3 is 2.62 bits per heavy atom. The maximum atomic E-state index is 12.6. The topological polar surface area (TPSA) is 31.2 Å². The van der Waals surface area contributed by atoms with Crippen LogP contribution in [0.3, 0.4) is 0 Å². The lowest BCUT2D eigenvalue weighted by Crippen LogP contribution is -2.29. The van der Waals surface area contributed by atoms with E-state index in [1.165, 1.54) is 12.3 Å². The first-order valence-electron chi connectivity index (χ1n) is 6.03. The first kappa shape index (κ1) is 15.6. The van der Waals surface area contributed by atoms with Crippen LogP contribution in [-0.4, -0.2) is 11.2 Å². The molecule has 0 aliphatic rings. The molecule has 0 fully saturated rings. The van der Waals surface area contributed by atoms with E-state index in [0.29, 0.717) is 5.75 Å². The molecule has 0 unspecified atom stereocenters. The molecule has 3 nitrogen and oxygen atoms in total. The molecule has 0 bridgehead atoms. The summed E-state index contributed by atoms with van der Waals surface area (Å²) in [6, 6.07) is 9.02. The van der Waals surface area contributed by atoms with Crippen LogP contribution in [0.4, 0.5) is 13.2 Å². The number of pyridine rings is 1. The average Bonchev–Trinajstić information content (AvgIpc) is 2.39. The van der Waals surface area contributed by atoms with E-state index in [9.17, 15) is 18.0 Å². The number of benzene rings is 1. The van der Waals surface area contributed by atoms with E-state index in [1.54, 1.807) is 18.2 Å². The molecule has 0 radical (unpaired) electrons. The Labute approximate surface area is 127 Å². The third-order valence-corrected chi connectivity index (χ3v) is 3.22. The number of hydrogen-bond donors (Lipinski definition) is 0. The summed E-state index contributed by atoms with van der Waals surface area (Å²) in [7, 11) is 0. The molecule has 0 aliphatic carbocycles. The zero-order valence-electron chi connectivity index (χ0n) is 10.7. The third kappa shape index (κ3) is 4.10. The molecule has 21 heavy (non-hydrogen) atoms. The van der Waals surface area contributed by atoms with Crippen LogP contribution in [0.1, 0.15) is 5.56 Å². The van der Waals surface area contributed by atoms with Crippen LogP contribution in [0, 0.1) is 0 Å². The summed E-state index contributed by atoms with van der Waals surface area (Å²) in [5.41, 5.74) is -2.24. The molecule has 1 heterocycles. The van der Waals surface area contributed by atoms with Crippen LogP contribution in [0.2, 0.25) is 0 Å². The molecular weight excluding hydrogens is 351 g/mol. The van der Waals surface area contributed by atoms with E-state index in [-0.39, 0.29) is 13.2 Å². The van der Waals surface area contributed by atoms with Gasteiger partial charge < -0.3 is 9.30 Å². The standard InChI is InChI=1S/C14H11BrF3NO2/c15-10-3-1-4-11(9-10)21-8-7-19-6-2-5-12(13(19)20)14(16,17)18/h1-6,9H,7-8H2. The monoisotopic (exact) mass is 361 g/mol. The zero-order chi connectivity index (χ0) is 15.5. The maximum absolute atomic E-state index is 12.6. The first-order chi connectivity index (χ1) is 9.88. The van der Waals surface area contributed by atoms with Crippen molar-refractivity contribution in [1.82, 2.24) is 4.57 Å². The highest BCUT2D eigenvalue weighted by Gasteiger charge is 2.34. The minimum atomic E-state index is -4.65. The Balaban J connectivity index is 2.06. The van der Waals surface area contributed by atoms with Gasteiger partial charge in [-0.25, -0.2) is 0 Å². The number of rotatable bonds is 4. The fourth-order valence-corrected chi connectivity index (χ4v) is 2.13. The Bertz CT molecular complexity index is 682. The molecule has 0 amide bonds. The number of halogens is 4. The summed E-state index contributed by atoms with van der Waals surface area (Å²) in [5.74, 6) is 0.574. The van der Waals surface area contributed by atoms with Crippen molar-refractivity contribution in [2.24, 2.45) is 0 Å². The third-order valence-electron chi connectivity index (χ3n) is 2.72. The summed E-state index contributed by atoms with van der Waals surface area (Å²) in [5, 5.41) is 0. The van der Waals surface area contributed by atoms with Crippen molar-refractivity contribution in [3.05, 3.63) is 63.0 Å². The molecule has 0 atom stereocenters. The molecule has 0 saturated heterocycles. The van der Waals surface area contributed by atoms with E-state index in [0.717, 1.165) is 15.1 Å². The summed E-state index contributed by atoms with van der Waals surface area (Å²) < 4.78 is 45.0. The van der Waals surface area contributed by atoms with Gasteiger partial charge in [-0.2, -0.15) is 13.2 Å². The minimum Gasteiger partial charge on any atom is -0.492 e. The quantitative estimate of drug-likeness (QED) is 0.831. The van der Waals surface area contributed by atoms with Gasteiger partial charge in [-0.15, -0.1) is 0 Å². The highest BCUT2D eigenvalue weighted by molar-refractivity contribution is 9.10. The molecule has 0 saturated carbocycles. The van der Waals surface area contributed by atoms with Crippen molar-refractivity contribution in [1.29, 1.82) is 0 Å². The van der Waals surface area contributed by atoms with Crippen molar-refractivity contribution < 1.29 is 17.9 Å². The van der Waals surface area contributed by atoms with Crippen molar-refractivity contribution in [2.45, 2.75) is 12.7 Å². The lowest BCUT2D eigenvalue weighted by atomic mass is 10.2. The van der Waals surface area contributed by atoms with Gasteiger partial charge >= 0.3 is 6.18 Å². The van der Waals surface area contributed by atoms with Gasteiger partial charge in [-0.1, -0.05) is 22.0 Å². The van der Waals surface area contributed by atoms with Crippen LogP contribution in [0.5, 0.6) is 5.75 Å². The Morgan fingerprint density at radius 2 is 1.95 bits per heavy atom. The number of hydrogen-bond acceptors (Lipinski definition) is 2. The molecule has 1 aromatic carbocycles. The molecule has 0 aliphatic heterocycles. The number of nitrogens with zero attached hydrogens (tertiary/aromatic N) is 1. The predicted molar refractivity (Wildman–Crippen MR) is 75.3 cm³/mol. The Hall–Kier alpha value is -1.76. The minimum absolute atomic E-state index is 0.0370. The second kappa shape index (κ2) is 6.34. The second-order valence-electron chi connectivity index (χ2n) is 4.22. The van der Waals surface area contributed by atoms with Gasteiger partial charge in [-0.3, -0.25) is 4.79 Å². The number of alkyl halides is 3. The van der Waals surface area contributed by atoms with Crippen molar-refractivity contribution in [3.8, 4) is 5.75 Å². The Kier molecular flexibility index (Phi) is 4.72. The average molecular weight is 362 g/mol.